The van der Waals surface area contributed by atoms with Crippen LogP contribution in [0.3, 0.4) is 0 Å². The lowest BCUT2D eigenvalue weighted by atomic mass is 10.2. The lowest BCUT2D eigenvalue weighted by Gasteiger charge is -2.03. The van der Waals surface area contributed by atoms with Crippen molar-refractivity contribution in [2.45, 2.75) is 5.75 Å². The van der Waals surface area contributed by atoms with Gasteiger partial charge in [0, 0.05) is 10.8 Å². The largest absolute Gasteiger partial charge is 0.463 e. The maximum atomic E-state index is 11.5. The lowest BCUT2D eigenvalue weighted by molar-refractivity contribution is -0.118. The monoisotopic (exact) mass is 308 g/mol. The van der Waals surface area contributed by atoms with Crippen LogP contribution in [-0.2, 0) is 10.5 Å². The maximum Gasteiger partial charge on any atom is 0.250 e. The molecule has 0 saturated carbocycles. The zero-order chi connectivity index (χ0) is 14.2. The first kappa shape index (κ1) is 14.7. The van der Waals surface area contributed by atoms with Crippen molar-refractivity contribution in [3.05, 3.63) is 59.0 Å². The van der Waals surface area contributed by atoms with Gasteiger partial charge in [0.1, 0.15) is 5.76 Å². The van der Waals surface area contributed by atoms with Gasteiger partial charge in [-0.05, 0) is 23.8 Å². The van der Waals surface area contributed by atoms with E-state index in [1.165, 1.54) is 18.0 Å². The van der Waals surface area contributed by atoms with E-state index in [4.69, 9.17) is 16.0 Å². The number of nitrogens with one attached hydrogen (secondary N) is 1. The number of carbonyl (C=O) groups excluding carboxylic acids is 1. The molecule has 0 aliphatic heterocycles. The molecule has 1 N–H and O–H groups in total. The van der Waals surface area contributed by atoms with Gasteiger partial charge in [-0.25, -0.2) is 5.43 Å². The summed E-state index contributed by atoms with van der Waals surface area (Å²) < 4.78 is 5.05. The average molecular weight is 309 g/mol. The second kappa shape index (κ2) is 7.77. The van der Waals surface area contributed by atoms with Gasteiger partial charge in [-0.1, -0.05) is 29.8 Å². The van der Waals surface area contributed by atoms with Gasteiger partial charge in [0.15, 0.2) is 0 Å². The summed E-state index contributed by atoms with van der Waals surface area (Å²) in [5, 5.41) is 4.52. The molecule has 0 unspecified atom stereocenters. The van der Waals surface area contributed by atoms with E-state index < -0.39 is 0 Å². The first-order valence-electron chi connectivity index (χ1n) is 5.92. The van der Waals surface area contributed by atoms with Crippen molar-refractivity contribution in [2.24, 2.45) is 5.10 Å². The van der Waals surface area contributed by atoms with Crippen LogP contribution in [0.1, 0.15) is 11.3 Å². The Balaban J connectivity index is 1.69. The molecule has 1 heterocycles. The van der Waals surface area contributed by atoms with Crippen molar-refractivity contribution in [3.8, 4) is 0 Å². The molecule has 0 aliphatic carbocycles. The van der Waals surface area contributed by atoms with E-state index in [0.717, 1.165) is 10.6 Å². The third kappa shape index (κ3) is 4.75. The third-order valence-corrected chi connectivity index (χ3v) is 3.72. The van der Waals surface area contributed by atoms with E-state index in [0.29, 0.717) is 17.3 Å². The number of nitrogens with zero attached hydrogens (tertiary/aromatic N) is 1. The highest BCUT2D eigenvalue weighted by Gasteiger charge is 2.03. The topological polar surface area (TPSA) is 54.6 Å². The zero-order valence-corrected chi connectivity index (χ0v) is 12.2. The molecule has 104 valence electrons. The minimum Gasteiger partial charge on any atom is -0.463 e. The minimum absolute atomic E-state index is 0.162. The fourth-order valence-electron chi connectivity index (χ4n) is 1.43. The summed E-state index contributed by atoms with van der Waals surface area (Å²) in [5.74, 6) is 1.44. The number of thioether (sulfide) groups is 1. The molecule has 1 amide bonds. The average Bonchev–Trinajstić information content (AvgIpc) is 2.94. The van der Waals surface area contributed by atoms with Crippen LogP contribution >= 0.6 is 23.4 Å². The molecule has 0 saturated heterocycles. The van der Waals surface area contributed by atoms with Gasteiger partial charge in [0.25, 0.3) is 0 Å². The fraction of sp³-hybridized carbons (Fsp3) is 0.143. The first-order chi connectivity index (χ1) is 9.75. The van der Waals surface area contributed by atoms with E-state index in [1.54, 1.807) is 18.4 Å². The Morgan fingerprint density at radius 2 is 2.20 bits per heavy atom. The Morgan fingerprint density at radius 1 is 1.35 bits per heavy atom. The second-order valence-electron chi connectivity index (χ2n) is 3.89. The lowest BCUT2D eigenvalue weighted by Crippen LogP contribution is -2.19. The van der Waals surface area contributed by atoms with Crippen molar-refractivity contribution in [2.75, 3.05) is 5.75 Å². The predicted octanol–water partition coefficient (Wildman–Crippen LogP) is 3.32. The van der Waals surface area contributed by atoms with Gasteiger partial charge in [-0.2, -0.15) is 5.10 Å². The van der Waals surface area contributed by atoms with Gasteiger partial charge in [0.05, 0.1) is 18.2 Å². The summed E-state index contributed by atoms with van der Waals surface area (Å²) in [6, 6.07) is 11.1. The van der Waals surface area contributed by atoms with Crippen LogP contribution in [0.2, 0.25) is 5.02 Å². The standard InChI is InChI=1S/C14H13ClN2O2S/c15-13-6-2-1-4-11(13)9-20-10-14(18)17-16-8-12-5-3-7-19-12/h1-8H,9-10H2,(H,17,18)/b16-8-. The van der Waals surface area contributed by atoms with Crippen molar-refractivity contribution < 1.29 is 9.21 Å². The van der Waals surface area contributed by atoms with E-state index >= 15 is 0 Å². The first-order valence-corrected chi connectivity index (χ1v) is 7.45. The van der Waals surface area contributed by atoms with Gasteiger partial charge in [-0.15, -0.1) is 11.8 Å². The van der Waals surface area contributed by atoms with Crippen LogP contribution < -0.4 is 5.43 Å². The normalized spacial score (nSPS) is 10.8. The van der Waals surface area contributed by atoms with E-state index in [1.807, 2.05) is 24.3 Å². The molecule has 0 bridgehead atoms. The van der Waals surface area contributed by atoms with Crippen molar-refractivity contribution in [1.82, 2.24) is 5.43 Å². The molecule has 20 heavy (non-hydrogen) atoms. The molecule has 6 heteroatoms. The van der Waals surface area contributed by atoms with E-state index in [-0.39, 0.29) is 5.91 Å². The number of hydrogen-bond donors (Lipinski definition) is 1. The number of rotatable bonds is 6. The Bertz CT molecular complexity index is 585. The Kier molecular flexibility index (Phi) is 5.70. The number of benzene rings is 1. The smallest absolute Gasteiger partial charge is 0.250 e. The number of hydrogen-bond acceptors (Lipinski definition) is 4. The summed E-state index contributed by atoms with van der Waals surface area (Å²) >= 11 is 7.52. The Morgan fingerprint density at radius 3 is 2.95 bits per heavy atom. The molecule has 2 rings (SSSR count). The Labute approximate surface area is 126 Å². The molecular weight excluding hydrogens is 296 g/mol. The number of amides is 1. The highest BCUT2D eigenvalue weighted by Crippen LogP contribution is 2.20. The van der Waals surface area contributed by atoms with Crippen molar-refractivity contribution >= 4 is 35.5 Å². The van der Waals surface area contributed by atoms with Gasteiger partial charge in [0.2, 0.25) is 5.91 Å². The summed E-state index contributed by atoms with van der Waals surface area (Å²) in [5.41, 5.74) is 3.46. The maximum absolute atomic E-state index is 11.5. The highest BCUT2D eigenvalue weighted by atomic mass is 35.5. The van der Waals surface area contributed by atoms with Crippen molar-refractivity contribution in [1.29, 1.82) is 0 Å². The quantitative estimate of drug-likeness (QED) is 0.658. The molecule has 0 aliphatic rings. The molecule has 0 spiro atoms. The summed E-state index contributed by atoms with van der Waals surface area (Å²) in [6.07, 6.45) is 3.00. The molecule has 1 aromatic carbocycles. The van der Waals surface area contributed by atoms with E-state index in [2.05, 4.69) is 10.5 Å². The van der Waals surface area contributed by atoms with Crippen molar-refractivity contribution in [3.63, 3.8) is 0 Å². The van der Waals surface area contributed by atoms with Gasteiger partial charge >= 0.3 is 0 Å². The van der Waals surface area contributed by atoms with Gasteiger partial charge in [-0.3, -0.25) is 4.79 Å². The van der Waals surface area contributed by atoms with Gasteiger partial charge < -0.3 is 4.42 Å². The minimum atomic E-state index is -0.162. The summed E-state index contributed by atoms with van der Waals surface area (Å²) in [6.45, 7) is 0. The molecule has 0 fully saturated rings. The summed E-state index contributed by atoms with van der Waals surface area (Å²) in [4.78, 5) is 11.5. The predicted molar refractivity (Wildman–Crippen MR) is 82.1 cm³/mol. The highest BCUT2D eigenvalue weighted by molar-refractivity contribution is 7.99. The molecule has 0 radical (unpaired) electrons. The van der Waals surface area contributed by atoms with Crippen LogP contribution in [0.25, 0.3) is 0 Å². The molecule has 0 atom stereocenters. The van der Waals surface area contributed by atoms with Crippen LogP contribution in [0.4, 0.5) is 0 Å². The Hall–Kier alpha value is -1.72. The van der Waals surface area contributed by atoms with Crippen LogP contribution in [0, 0.1) is 0 Å². The number of hydrazone groups is 1. The summed E-state index contributed by atoms with van der Waals surface area (Å²) in [7, 11) is 0. The van der Waals surface area contributed by atoms with E-state index in [9.17, 15) is 4.79 Å². The zero-order valence-electron chi connectivity index (χ0n) is 10.6. The number of furan rings is 1. The molecule has 1 aromatic heterocycles. The molecular formula is C14H13ClN2O2S. The number of halogens is 1. The van der Waals surface area contributed by atoms with Crippen LogP contribution in [0.5, 0.6) is 0 Å². The third-order valence-electron chi connectivity index (χ3n) is 2.37. The van der Waals surface area contributed by atoms with Crippen LogP contribution in [-0.4, -0.2) is 17.9 Å². The second-order valence-corrected chi connectivity index (χ2v) is 5.29. The SMILES string of the molecule is O=C(CSCc1ccccc1Cl)N/N=C\c1ccco1. The number of carbonyl (C=O) groups is 1. The molecule has 2 aromatic rings. The van der Waals surface area contributed by atoms with Crippen LogP contribution in [0.15, 0.2) is 52.2 Å². The fourth-order valence-corrected chi connectivity index (χ4v) is 2.54. The molecule has 4 nitrogen and oxygen atoms in total.